The zero-order valence-electron chi connectivity index (χ0n) is 16.3. The molecule has 3 N–H and O–H groups in total. The third-order valence-corrected chi connectivity index (χ3v) is 5.07. The predicted octanol–water partition coefficient (Wildman–Crippen LogP) is 2.01. The topological polar surface area (TPSA) is 90.5 Å². The van der Waals surface area contributed by atoms with Gasteiger partial charge in [0.25, 0.3) is 0 Å². The fourth-order valence-electron chi connectivity index (χ4n) is 3.35. The van der Waals surface area contributed by atoms with Crippen molar-refractivity contribution < 1.29 is 4.74 Å². The van der Waals surface area contributed by atoms with Crippen LogP contribution in [0, 0.1) is 0 Å². The number of ether oxygens (including phenoxy) is 1. The molecule has 0 atom stereocenters. The third-order valence-electron chi connectivity index (χ3n) is 4.86. The summed E-state index contributed by atoms with van der Waals surface area (Å²) in [5.74, 6) is 1.81. The molecule has 0 bridgehead atoms. The zero-order valence-corrected chi connectivity index (χ0v) is 17.1. The molecule has 0 amide bonds. The molecule has 0 spiro atoms. The van der Waals surface area contributed by atoms with Crippen LogP contribution in [0.5, 0.6) is 0 Å². The van der Waals surface area contributed by atoms with Gasteiger partial charge in [0.05, 0.1) is 13.2 Å². The van der Waals surface area contributed by atoms with Crippen LogP contribution in [0.4, 0.5) is 23.5 Å². The van der Waals surface area contributed by atoms with Crippen molar-refractivity contribution in [2.45, 2.75) is 19.3 Å². The van der Waals surface area contributed by atoms with Gasteiger partial charge in [0.2, 0.25) is 17.8 Å². The highest BCUT2D eigenvalue weighted by molar-refractivity contribution is 7.80. The monoisotopic (exact) mass is 414 g/mol. The molecule has 10 heteroatoms. The molecule has 2 fully saturated rings. The zero-order chi connectivity index (χ0) is 19.9. The van der Waals surface area contributed by atoms with Gasteiger partial charge in [-0.25, -0.2) is 0 Å². The fourth-order valence-corrected chi connectivity index (χ4v) is 3.52. The van der Waals surface area contributed by atoms with Gasteiger partial charge in [-0.15, -0.1) is 0 Å². The summed E-state index contributed by atoms with van der Waals surface area (Å²) < 4.78 is 5.46. The Balaban J connectivity index is 1.47. The molecule has 3 heterocycles. The van der Waals surface area contributed by atoms with Crippen LogP contribution in [0.2, 0.25) is 0 Å². The van der Waals surface area contributed by atoms with Crippen LogP contribution in [-0.4, -0.2) is 59.5 Å². The fraction of sp³-hybridized carbons (Fsp3) is 0.474. The van der Waals surface area contributed by atoms with Crippen molar-refractivity contribution in [1.29, 1.82) is 0 Å². The number of aromatic nitrogens is 3. The van der Waals surface area contributed by atoms with Gasteiger partial charge >= 0.3 is 0 Å². The second-order valence-corrected chi connectivity index (χ2v) is 7.38. The minimum Gasteiger partial charge on any atom is -0.378 e. The number of hydrogen-bond donors (Lipinski definition) is 3. The van der Waals surface area contributed by atoms with Crippen molar-refractivity contribution in [3.8, 4) is 0 Å². The average Bonchev–Trinajstić information content (AvgIpc) is 2.79. The molecule has 2 aliphatic heterocycles. The quantitative estimate of drug-likeness (QED) is 0.498. The van der Waals surface area contributed by atoms with Crippen LogP contribution < -0.4 is 26.0 Å². The van der Waals surface area contributed by atoms with E-state index in [1.165, 1.54) is 6.42 Å². The van der Waals surface area contributed by atoms with E-state index in [9.17, 15) is 0 Å². The van der Waals surface area contributed by atoms with Crippen LogP contribution >= 0.6 is 12.2 Å². The first-order chi connectivity index (χ1) is 14.3. The van der Waals surface area contributed by atoms with Crippen LogP contribution in [0.25, 0.3) is 0 Å². The number of anilines is 4. The van der Waals surface area contributed by atoms with Gasteiger partial charge in [-0.2, -0.15) is 15.0 Å². The predicted molar refractivity (Wildman–Crippen MR) is 118 cm³/mol. The van der Waals surface area contributed by atoms with Gasteiger partial charge in [0.1, 0.15) is 0 Å². The summed E-state index contributed by atoms with van der Waals surface area (Å²) in [6, 6.07) is 9.75. The van der Waals surface area contributed by atoms with Gasteiger partial charge in [-0.1, -0.05) is 18.2 Å². The maximum Gasteiger partial charge on any atom is 0.248 e. The molecule has 4 rings (SSSR count). The second kappa shape index (κ2) is 9.66. The molecule has 9 nitrogen and oxygen atoms in total. The number of hydrazine groups is 1. The van der Waals surface area contributed by atoms with E-state index in [2.05, 4.69) is 35.9 Å². The van der Waals surface area contributed by atoms with Crippen molar-refractivity contribution >= 4 is 40.9 Å². The number of rotatable bonds is 5. The van der Waals surface area contributed by atoms with Crippen molar-refractivity contribution in [2.75, 3.05) is 59.9 Å². The van der Waals surface area contributed by atoms with E-state index in [0.29, 0.717) is 36.2 Å². The van der Waals surface area contributed by atoms with Crippen molar-refractivity contribution in [3.63, 3.8) is 0 Å². The number of hydrogen-bond acceptors (Lipinski definition) is 8. The molecule has 2 aliphatic rings. The molecule has 2 saturated heterocycles. The van der Waals surface area contributed by atoms with E-state index in [1.54, 1.807) is 0 Å². The molecule has 154 valence electrons. The SMILES string of the molecule is S=C(NNc1nc(N2CCCCC2)nc(N2CCOCC2)n1)Nc1ccccc1. The van der Waals surface area contributed by atoms with Gasteiger partial charge in [-0.05, 0) is 43.6 Å². The Hall–Kier alpha value is -2.72. The Morgan fingerprint density at radius 1 is 0.862 bits per heavy atom. The Kier molecular flexibility index (Phi) is 6.52. The van der Waals surface area contributed by atoms with Crippen LogP contribution in [0.15, 0.2) is 30.3 Å². The Morgan fingerprint density at radius 2 is 1.52 bits per heavy atom. The van der Waals surface area contributed by atoms with Gasteiger partial charge in [0, 0.05) is 31.9 Å². The molecule has 0 radical (unpaired) electrons. The summed E-state index contributed by atoms with van der Waals surface area (Å²) in [6.45, 7) is 4.82. The number of para-hydroxylation sites is 1. The highest BCUT2D eigenvalue weighted by Gasteiger charge is 2.20. The summed E-state index contributed by atoms with van der Waals surface area (Å²) in [7, 11) is 0. The molecular weight excluding hydrogens is 388 g/mol. The molecule has 0 aliphatic carbocycles. The number of piperidine rings is 1. The largest absolute Gasteiger partial charge is 0.378 e. The van der Waals surface area contributed by atoms with Crippen molar-refractivity contribution in [2.24, 2.45) is 0 Å². The second-order valence-electron chi connectivity index (χ2n) is 6.98. The normalized spacial score (nSPS) is 17.0. The number of morpholine rings is 1. The number of benzene rings is 1. The van der Waals surface area contributed by atoms with Gasteiger partial charge in [-0.3, -0.25) is 10.9 Å². The van der Waals surface area contributed by atoms with Crippen molar-refractivity contribution in [3.05, 3.63) is 30.3 Å². The molecule has 29 heavy (non-hydrogen) atoms. The number of thiocarbonyl (C=S) groups is 1. The lowest BCUT2D eigenvalue weighted by atomic mass is 10.1. The van der Waals surface area contributed by atoms with E-state index >= 15 is 0 Å². The van der Waals surface area contributed by atoms with E-state index < -0.39 is 0 Å². The minimum absolute atomic E-state index is 0.434. The molecule has 2 aromatic rings. The summed E-state index contributed by atoms with van der Waals surface area (Å²) >= 11 is 5.36. The lowest BCUT2D eigenvalue weighted by molar-refractivity contribution is 0.122. The highest BCUT2D eigenvalue weighted by Crippen LogP contribution is 2.20. The minimum atomic E-state index is 0.434. The average molecular weight is 415 g/mol. The maximum absolute atomic E-state index is 5.46. The summed E-state index contributed by atoms with van der Waals surface area (Å²) in [5, 5.41) is 3.55. The highest BCUT2D eigenvalue weighted by atomic mass is 32.1. The van der Waals surface area contributed by atoms with Crippen LogP contribution in [0.1, 0.15) is 19.3 Å². The molecule has 1 aromatic heterocycles. The van der Waals surface area contributed by atoms with Crippen LogP contribution in [-0.2, 0) is 4.74 Å². The maximum atomic E-state index is 5.46. The summed E-state index contributed by atoms with van der Waals surface area (Å²) in [5.41, 5.74) is 6.89. The Morgan fingerprint density at radius 3 is 2.21 bits per heavy atom. The van der Waals surface area contributed by atoms with E-state index in [-0.39, 0.29) is 0 Å². The van der Waals surface area contributed by atoms with E-state index in [4.69, 9.17) is 21.9 Å². The Labute approximate surface area is 175 Å². The van der Waals surface area contributed by atoms with Crippen molar-refractivity contribution in [1.82, 2.24) is 20.4 Å². The summed E-state index contributed by atoms with van der Waals surface area (Å²) in [6.07, 6.45) is 3.57. The first-order valence-electron chi connectivity index (χ1n) is 10.00. The first-order valence-corrected chi connectivity index (χ1v) is 10.4. The number of nitrogens with zero attached hydrogens (tertiary/aromatic N) is 5. The molecular formula is C19H26N8OS. The standard InChI is InChI=1S/C19H26N8OS/c29-19(20-15-7-3-1-4-8-15)25-24-16-21-17(26-9-5-2-6-10-26)23-18(22-16)27-11-13-28-14-12-27/h1,3-4,7-8H,2,5-6,9-14H2,(H2,20,25,29)(H,21,22,23,24). The lowest BCUT2D eigenvalue weighted by Gasteiger charge is -2.30. The van der Waals surface area contributed by atoms with Gasteiger partial charge < -0.3 is 19.9 Å². The van der Waals surface area contributed by atoms with Gasteiger partial charge in [0.15, 0.2) is 5.11 Å². The first kappa shape index (κ1) is 19.6. The Bertz CT molecular complexity index is 773. The summed E-state index contributed by atoms with van der Waals surface area (Å²) in [4.78, 5) is 18.3. The lowest BCUT2D eigenvalue weighted by Crippen LogP contribution is -2.39. The number of nitrogens with one attached hydrogen (secondary N) is 3. The van der Waals surface area contributed by atoms with Crippen LogP contribution in [0.3, 0.4) is 0 Å². The van der Waals surface area contributed by atoms with E-state index in [0.717, 1.165) is 44.7 Å². The third kappa shape index (κ3) is 5.42. The molecule has 0 unspecified atom stereocenters. The molecule has 1 aromatic carbocycles. The molecule has 0 saturated carbocycles. The smallest absolute Gasteiger partial charge is 0.248 e. The van der Waals surface area contributed by atoms with E-state index in [1.807, 2.05) is 30.3 Å².